The second-order valence-electron chi connectivity index (χ2n) is 4.22. The third-order valence-electron chi connectivity index (χ3n) is 2.80. The number of hydrogen-bond donors (Lipinski definition) is 0. The highest BCUT2D eigenvalue weighted by Gasteiger charge is 2.16. The molecule has 0 aliphatic heterocycles. The summed E-state index contributed by atoms with van der Waals surface area (Å²) in [6.45, 7) is 0. The van der Waals surface area contributed by atoms with E-state index in [2.05, 4.69) is 9.97 Å². The summed E-state index contributed by atoms with van der Waals surface area (Å²) in [7, 11) is -3.29. The molecule has 0 aliphatic rings. The first-order chi connectivity index (χ1) is 9.05. The fourth-order valence-electron chi connectivity index (χ4n) is 1.96. The van der Waals surface area contributed by atoms with Gasteiger partial charge < -0.3 is 0 Å². The van der Waals surface area contributed by atoms with E-state index in [-0.39, 0.29) is 4.90 Å². The molecule has 19 heavy (non-hydrogen) atoms. The maximum atomic E-state index is 11.8. The number of aromatic nitrogens is 3. The van der Waals surface area contributed by atoms with Crippen molar-refractivity contribution in [2.75, 3.05) is 6.26 Å². The second kappa shape index (κ2) is 4.17. The lowest BCUT2D eigenvalue weighted by Crippen LogP contribution is -1.99. The lowest BCUT2D eigenvalue weighted by Gasteiger charge is -2.04. The average molecular weight is 273 g/mol. The molecule has 2 heterocycles. The molecule has 3 rings (SSSR count). The van der Waals surface area contributed by atoms with Gasteiger partial charge in [0.05, 0.1) is 10.6 Å². The highest BCUT2D eigenvalue weighted by atomic mass is 32.2. The number of imidazole rings is 1. The lowest BCUT2D eigenvalue weighted by molar-refractivity contribution is 0.602. The predicted octanol–water partition coefficient (Wildman–Crippen LogP) is 1.80. The Hall–Kier alpha value is -2.21. The zero-order valence-corrected chi connectivity index (χ0v) is 11.0. The summed E-state index contributed by atoms with van der Waals surface area (Å²) in [5.74, 6) is 0.542. The van der Waals surface area contributed by atoms with Gasteiger partial charge in [-0.05, 0) is 12.1 Å². The third-order valence-corrected chi connectivity index (χ3v) is 3.95. The smallest absolute Gasteiger partial charge is 0.234 e. The van der Waals surface area contributed by atoms with E-state index in [0.717, 1.165) is 0 Å². The van der Waals surface area contributed by atoms with Gasteiger partial charge in [0, 0.05) is 30.4 Å². The maximum absolute atomic E-state index is 11.8. The Labute approximate surface area is 110 Å². The number of benzene rings is 1. The normalized spacial score (nSPS) is 11.8. The zero-order valence-electron chi connectivity index (χ0n) is 10.2. The Bertz CT molecular complexity index is 820. The van der Waals surface area contributed by atoms with Crippen LogP contribution >= 0.6 is 0 Å². The van der Waals surface area contributed by atoms with E-state index in [9.17, 15) is 8.42 Å². The molecule has 2 aromatic heterocycles. The first kappa shape index (κ1) is 11.9. The van der Waals surface area contributed by atoms with Crippen molar-refractivity contribution in [2.45, 2.75) is 4.90 Å². The minimum atomic E-state index is -3.29. The average Bonchev–Trinajstić information content (AvgIpc) is 2.81. The molecule has 0 amide bonds. The standard InChI is InChI=1S/C13H11N3O2S/c1-19(17,18)12-6-3-2-5-10(12)11-9-16-8-4-7-14-13(16)15-11/h2-9H,1H3. The zero-order chi connectivity index (χ0) is 13.5. The molecular weight excluding hydrogens is 262 g/mol. The second-order valence-corrected chi connectivity index (χ2v) is 6.21. The van der Waals surface area contributed by atoms with Crippen LogP contribution in [0.5, 0.6) is 0 Å². The molecule has 6 heteroatoms. The van der Waals surface area contributed by atoms with Crippen LogP contribution in [0.1, 0.15) is 0 Å². The Balaban J connectivity index is 2.27. The number of rotatable bonds is 2. The summed E-state index contributed by atoms with van der Waals surface area (Å²) < 4.78 is 25.3. The summed E-state index contributed by atoms with van der Waals surface area (Å²) in [6.07, 6.45) is 6.43. The largest absolute Gasteiger partial charge is 0.291 e. The van der Waals surface area contributed by atoms with Gasteiger partial charge in [0.15, 0.2) is 9.84 Å². The van der Waals surface area contributed by atoms with E-state index < -0.39 is 9.84 Å². The van der Waals surface area contributed by atoms with E-state index in [0.29, 0.717) is 17.0 Å². The molecule has 0 spiro atoms. The summed E-state index contributed by atoms with van der Waals surface area (Å²) in [4.78, 5) is 8.74. The van der Waals surface area contributed by atoms with Gasteiger partial charge in [-0.3, -0.25) is 4.40 Å². The number of nitrogens with zero attached hydrogens (tertiary/aromatic N) is 3. The van der Waals surface area contributed by atoms with Crippen molar-refractivity contribution in [3.05, 3.63) is 48.9 Å². The third kappa shape index (κ3) is 2.10. The van der Waals surface area contributed by atoms with Gasteiger partial charge in [0.1, 0.15) is 0 Å². The van der Waals surface area contributed by atoms with E-state index in [1.54, 1.807) is 47.1 Å². The van der Waals surface area contributed by atoms with Gasteiger partial charge in [0.2, 0.25) is 5.78 Å². The Morgan fingerprint density at radius 2 is 1.95 bits per heavy atom. The molecule has 0 radical (unpaired) electrons. The molecular formula is C13H11N3O2S. The van der Waals surface area contributed by atoms with E-state index in [4.69, 9.17) is 0 Å². The Morgan fingerprint density at radius 3 is 2.68 bits per heavy atom. The van der Waals surface area contributed by atoms with Crippen LogP contribution in [0.25, 0.3) is 17.0 Å². The summed E-state index contributed by atoms with van der Waals surface area (Å²) in [5, 5.41) is 0. The van der Waals surface area contributed by atoms with Crippen molar-refractivity contribution in [1.82, 2.24) is 14.4 Å². The van der Waals surface area contributed by atoms with Crippen LogP contribution < -0.4 is 0 Å². The van der Waals surface area contributed by atoms with Crippen LogP contribution in [-0.2, 0) is 9.84 Å². The molecule has 3 aromatic rings. The van der Waals surface area contributed by atoms with Gasteiger partial charge in [-0.15, -0.1) is 0 Å². The summed E-state index contributed by atoms with van der Waals surface area (Å²) in [5.41, 5.74) is 1.19. The first-order valence-electron chi connectivity index (χ1n) is 5.65. The molecule has 0 fully saturated rings. The van der Waals surface area contributed by atoms with Crippen molar-refractivity contribution in [3.63, 3.8) is 0 Å². The fourth-order valence-corrected chi connectivity index (χ4v) is 2.86. The molecule has 0 unspecified atom stereocenters. The van der Waals surface area contributed by atoms with Crippen molar-refractivity contribution in [2.24, 2.45) is 0 Å². The van der Waals surface area contributed by atoms with Crippen LogP contribution in [0.2, 0.25) is 0 Å². The SMILES string of the molecule is CS(=O)(=O)c1ccccc1-c1cn2cccnc2n1. The topological polar surface area (TPSA) is 64.3 Å². The van der Waals surface area contributed by atoms with E-state index >= 15 is 0 Å². The van der Waals surface area contributed by atoms with Crippen molar-refractivity contribution >= 4 is 15.6 Å². The first-order valence-corrected chi connectivity index (χ1v) is 7.54. The van der Waals surface area contributed by atoms with Crippen LogP contribution in [-0.4, -0.2) is 29.0 Å². The van der Waals surface area contributed by atoms with Crippen molar-refractivity contribution in [1.29, 1.82) is 0 Å². The molecule has 0 bridgehead atoms. The highest BCUT2D eigenvalue weighted by molar-refractivity contribution is 7.90. The van der Waals surface area contributed by atoms with Gasteiger partial charge in [-0.2, -0.15) is 0 Å². The minimum Gasteiger partial charge on any atom is -0.291 e. The van der Waals surface area contributed by atoms with Gasteiger partial charge in [-0.1, -0.05) is 18.2 Å². The molecule has 5 nitrogen and oxygen atoms in total. The molecule has 0 saturated heterocycles. The highest BCUT2D eigenvalue weighted by Crippen LogP contribution is 2.26. The summed E-state index contributed by atoms with van der Waals surface area (Å²) in [6, 6.07) is 8.62. The van der Waals surface area contributed by atoms with Gasteiger partial charge in [-0.25, -0.2) is 18.4 Å². The van der Waals surface area contributed by atoms with Gasteiger partial charge >= 0.3 is 0 Å². The lowest BCUT2D eigenvalue weighted by atomic mass is 10.2. The number of sulfone groups is 1. The number of fused-ring (bicyclic) bond motifs is 1. The van der Waals surface area contributed by atoms with E-state index in [1.165, 1.54) is 6.26 Å². The molecule has 96 valence electrons. The van der Waals surface area contributed by atoms with Gasteiger partial charge in [0.25, 0.3) is 0 Å². The minimum absolute atomic E-state index is 0.276. The van der Waals surface area contributed by atoms with Crippen LogP contribution in [0, 0.1) is 0 Å². The van der Waals surface area contributed by atoms with Crippen LogP contribution in [0.15, 0.2) is 53.8 Å². The Morgan fingerprint density at radius 1 is 1.16 bits per heavy atom. The quantitative estimate of drug-likeness (QED) is 0.714. The summed E-state index contributed by atoms with van der Waals surface area (Å²) >= 11 is 0. The fraction of sp³-hybridized carbons (Fsp3) is 0.0769. The molecule has 1 aromatic carbocycles. The number of hydrogen-bond acceptors (Lipinski definition) is 4. The van der Waals surface area contributed by atoms with E-state index in [1.807, 2.05) is 6.20 Å². The van der Waals surface area contributed by atoms with Crippen LogP contribution in [0.4, 0.5) is 0 Å². The van der Waals surface area contributed by atoms with Crippen molar-refractivity contribution in [3.8, 4) is 11.3 Å². The predicted molar refractivity (Wildman–Crippen MR) is 71.5 cm³/mol. The monoisotopic (exact) mass is 273 g/mol. The molecule has 0 atom stereocenters. The molecule has 0 aliphatic carbocycles. The van der Waals surface area contributed by atoms with Crippen molar-refractivity contribution < 1.29 is 8.42 Å². The molecule has 0 saturated carbocycles. The van der Waals surface area contributed by atoms with Crippen LogP contribution in [0.3, 0.4) is 0 Å². The maximum Gasteiger partial charge on any atom is 0.234 e. The molecule has 0 N–H and O–H groups in total. The Kier molecular flexibility index (Phi) is 2.60.